The second-order valence-corrected chi connectivity index (χ2v) is 8.92. The molecule has 152 valence electrons. The van der Waals surface area contributed by atoms with Crippen LogP contribution in [-0.4, -0.2) is 39.3 Å². The van der Waals surface area contributed by atoms with E-state index in [-0.39, 0.29) is 17.0 Å². The van der Waals surface area contributed by atoms with Crippen molar-refractivity contribution in [2.75, 3.05) is 18.0 Å². The number of rotatable bonds is 2. The molecule has 4 N–H and O–H groups in total. The lowest BCUT2D eigenvalue weighted by atomic mass is 9.74. The predicted molar refractivity (Wildman–Crippen MR) is 116 cm³/mol. The fourth-order valence-corrected chi connectivity index (χ4v) is 5.31. The van der Waals surface area contributed by atoms with Crippen molar-refractivity contribution in [1.29, 1.82) is 0 Å². The first kappa shape index (κ1) is 18.9. The number of aromatic nitrogens is 4. The molecule has 2 aliphatic rings. The normalized spacial score (nSPS) is 21.3. The number of hydrogen-bond acceptors (Lipinski definition) is 5. The Hall–Kier alpha value is -2.09. The second-order valence-electron chi connectivity index (χ2n) is 8.14. The molecule has 1 saturated carbocycles. The number of benzene rings is 1. The van der Waals surface area contributed by atoms with Gasteiger partial charge in [-0.2, -0.15) is 10.1 Å². The van der Waals surface area contributed by atoms with Crippen LogP contribution in [0.1, 0.15) is 32.1 Å². The molecule has 0 bridgehead atoms. The minimum absolute atomic E-state index is 0.248. The topological polar surface area (TPSA) is 104 Å². The first-order valence-corrected chi connectivity index (χ1v) is 10.7. The van der Waals surface area contributed by atoms with Crippen LogP contribution in [0.5, 0.6) is 0 Å². The van der Waals surface area contributed by atoms with E-state index >= 15 is 0 Å². The SMILES string of the molecule is N[C@H]1CCCC12CCN(c1nc3n[nH]c(-c4cccc(Cl)c4Cl)c3c(=O)[nH]1)CC2. The van der Waals surface area contributed by atoms with Crippen LogP contribution in [0.15, 0.2) is 23.0 Å². The van der Waals surface area contributed by atoms with Gasteiger partial charge in [0, 0.05) is 24.7 Å². The Labute approximate surface area is 177 Å². The average Bonchev–Trinajstić information content (AvgIpc) is 3.29. The van der Waals surface area contributed by atoms with Gasteiger partial charge in [-0.05, 0) is 37.2 Å². The Morgan fingerprint density at radius 1 is 1.21 bits per heavy atom. The molecule has 1 aliphatic carbocycles. The van der Waals surface area contributed by atoms with E-state index in [1.807, 2.05) is 0 Å². The Morgan fingerprint density at radius 2 is 2.00 bits per heavy atom. The monoisotopic (exact) mass is 432 g/mol. The lowest BCUT2D eigenvalue weighted by molar-refractivity contribution is 0.197. The average molecular weight is 433 g/mol. The number of H-pyrrole nitrogens is 2. The third kappa shape index (κ3) is 3.03. The van der Waals surface area contributed by atoms with Crippen LogP contribution < -0.4 is 16.2 Å². The first-order valence-electron chi connectivity index (χ1n) is 9.92. The number of anilines is 1. The summed E-state index contributed by atoms with van der Waals surface area (Å²) in [4.78, 5) is 22.6. The number of hydrogen-bond donors (Lipinski definition) is 3. The van der Waals surface area contributed by atoms with Gasteiger partial charge in [-0.25, -0.2) is 0 Å². The van der Waals surface area contributed by atoms with Gasteiger partial charge in [0.05, 0.1) is 15.7 Å². The quantitative estimate of drug-likeness (QED) is 0.572. The highest BCUT2D eigenvalue weighted by Crippen LogP contribution is 2.45. The lowest BCUT2D eigenvalue weighted by Crippen LogP contribution is -2.47. The lowest BCUT2D eigenvalue weighted by Gasteiger charge is -2.42. The van der Waals surface area contributed by atoms with E-state index in [4.69, 9.17) is 28.9 Å². The molecule has 3 aromatic rings. The van der Waals surface area contributed by atoms with Crippen molar-refractivity contribution >= 4 is 40.2 Å². The summed E-state index contributed by atoms with van der Waals surface area (Å²) in [6.45, 7) is 1.67. The molecule has 1 aromatic carbocycles. The molecule has 1 atom stereocenters. The van der Waals surface area contributed by atoms with E-state index in [9.17, 15) is 4.79 Å². The van der Waals surface area contributed by atoms with Gasteiger partial charge in [-0.1, -0.05) is 41.8 Å². The van der Waals surface area contributed by atoms with Crippen LogP contribution in [0.25, 0.3) is 22.3 Å². The predicted octanol–water partition coefficient (Wildman–Crippen LogP) is 3.72. The Kier molecular flexibility index (Phi) is 4.57. The summed E-state index contributed by atoms with van der Waals surface area (Å²) in [5.74, 6) is 0.555. The van der Waals surface area contributed by atoms with Crippen molar-refractivity contribution < 1.29 is 0 Å². The molecular formula is C20H22Cl2N6O. The van der Waals surface area contributed by atoms with Gasteiger partial charge in [0.15, 0.2) is 5.65 Å². The summed E-state index contributed by atoms with van der Waals surface area (Å²) in [5, 5.41) is 8.33. The van der Waals surface area contributed by atoms with Gasteiger partial charge in [0.2, 0.25) is 5.95 Å². The number of fused-ring (bicyclic) bond motifs is 1. The maximum atomic E-state index is 12.9. The van der Waals surface area contributed by atoms with Crippen molar-refractivity contribution in [2.45, 2.75) is 38.1 Å². The molecule has 1 aliphatic heterocycles. The number of nitrogens with zero attached hydrogens (tertiary/aromatic N) is 3. The highest BCUT2D eigenvalue weighted by atomic mass is 35.5. The van der Waals surface area contributed by atoms with Crippen LogP contribution in [0.4, 0.5) is 5.95 Å². The zero-order valence-electron chi connectivity index (χ0n) is 15.8. The number of halogens is 2. The number of piperidine rings is 1. The molecule has 9 heteroatoms. The molecule has 7 nitrogen and oxygen atoms in total. The van der Waals surface area contributed by atoms with Crippen molar-refractivity contribution in [3.05, 3.63) is 38.6 Å². The third-order valence-corrected chi connectivity index (χ3v) is 7.49. The van der Waals surface area contributed by atoms with E-state index < -0.39 is 0 Å². The molecule has 0 radical (unpaired) electrons. The number of aromatic amines is 2. The summed E-state index contributed by atoms with van der Waals surface area (Å²) in [7, 11) is 0. The van der Waals surface area contributed by atoms with E-state index in [0.29, 0.717) is 38.3 Å². The van der Waals surface area contributed by atoms with Gasteiger partial charge < -0.3 is 10.6 Å². The molecule has 1 saturated heterocycles. The largest absolute Gasteiger partial charge is 0.342 e. The van der Waals surface area contributed by atoms with E-state index in [1.165, 1.54) is 12.8 Å². The van der Waals surface area contributed by atoms with E-state index in [2.05, 4.69) is 25.1 Å². The molecule has 29 heavy (non-hydrogen) atoms. The van der Waals surface area contributed by atoms with Gasteiger partial charge in [0.25, 0.3) is 5.56 Å². The fourth-order valence-electron chi connectivity index (χ4n) is 4.91. The molecule has 0 unspecified atom stereocenters. The van der Waals surface area contributed by atoms with Gasteiger partial charge in [0.1, 0.15) is 5.39 Å². The van der Waals surface area contributed by atoms with Gasteiger partial charge in [-0.15, -0.1) is 0 Å². The molecule has 3 heterocycles. The second kappa shape index (κ2) is 7.00. The van der Waals surface area contributed by atoms with Crippen LogP contribution >= 0.6 is 23.2 Å². The van der Waals surface area contributed by atoms with Crippen LogP contribution in [0.2, 0.25) is 10.0 Å². The van der Waals surface area contributed by atoms with Crippen molar-refractivity contribution in [2.24, 2.45) is 11.1 Å². The Morgan fingerprint density at radius 3 is 2.72 bits per heavy atom. The van der Waals surface area contributed by atoms with Crippen molar-refractivity contribution in [3.63, 3.8) is 0 Å². The van der Waals surface area contributed by atoms with Crippen molar-refractivity contribution in [1.82, 2.24) is 20.2 Å². The Balaban J connectivity index is 1.48. The fraction of sp³-hybridized carbons (Fsp3) is 0.450. The summed E-state index contributed by atoms with van der Waals surface area (Å²) >= 11 is 12.5. The van der Waals surface area contributed by atoms with E-state index in [1.54, 1.807) is 18.2 Å². The first-order chi connectivity index (χ1) is 14.0. The summed E-state index contributed by atoms with van der Waals surface area (Å²) in [6, 6.07) is 5.56. The minimum Gasteiger partial charge on any atom is -0.342 e. The third-order valence-electron chi connectivity index (χ3n) is 6.67. The highest BCUT2D eigenvalue weighted by molar-refractivity contribution is 6.43. The maximum absolute atomic E-state index is 12.9. The number of nitrogens with one attached hydrogen (secondary N) is 2. The van der Waals surface area contributed by atoms with Gasteiger partial charge >= 0.3 is 0 Å². The van der Waals surface area contributed by atoms with Crippen molar-refractivity contribution in [3.8, 4) is 11.3 Å². The summed E-state index contributed by atoms with van der Waals surface area (Å²) in [5.41, 5.74) is 7.89. The zero-order valence-corrected chi connectivity index (χ0v) is 17.4. The smallest absolute Gasteiger partial charge is 0.264 e. The van der Waals surface area contributed by atoms with Gasteiger partial charge in [-0.3, -0.25) is 14.9 Å². The summed E-state index contributed by atoms with van der Waals surface area (Å²) in [6.07, 6.45) is 5.58. The molecule has 1 spiro atoms. The van der Waals surface area contributed by atoms with Crippen LogP contribution in [0, 0.1) is 5.41 Å². The Bertz CT molecular complexity index is 1130. The molecule has 5 rings (SSSR count). The molecular weight excluding hydrogens is 411 g/mol. The number of nitrogens with two attached hydrogens (primary N) is 1. The zero-order chi connectivity index (χ0) is 20.2. The minimum atomic E-state index is -0.248. The molecule has 2 aromatic heterocycles. The molecule has 2 fully saturated rings. The van der Waals surface area contributed by atoms with Crippen LogP contribution in [-0.2, 0) is 0 Å². The molecule has 0 amide bonds. The highest BCUT2D eigenvalue weighted by Gasteiger charge is 2.43. The van der Waals surface area contributed by atoms with E-state index in [0.717, 1.165) is 32.4 Å². The maximum Gasteiger partial charge on any atom is 0.264 e. The summed E-state index contributed by atoms with van der Waals surface area (Å²) < 4.78 is 0. The van der Waals surface area contributed by atoms with Crippen LogP contribution in [0.3, 0.4) is 0 Å². The standard InChI is InChI=1S/C20H22Cl2N6O/c21-12-4-1-3-11(15(12)22)16-14-17(27-26-16)24-19(25-18(14)29)28-9-7-20(8-10-28)6-2-5-13(20)23/h1,3-4,13H,2,5-10,23H2,(H2,24,25,26,27,29)/t13-/m0/s1.